The summed E-state index contributed by atoms with van der Waals surface area (Å²) in [5, 5.41) is 8.78. The second-order valence-corrected chi connectivity index (χ2v) is 7.11. The van der Waals surface area contributed by atoms with Crippen LogP contribution in [0.15, 0.2) is 29.2 Å². The smallest absolute Gasteiger partial charge is 0.335 e. The third kappa shape index (κ3) is 3.13. The average molecular weight is 283 g/mol. The number of rotatable bonds is 5. The van der Waals surface area contributed by atoms with Crippen LogP contribution in [0.4, 0.5) is 0 Å². The van der Waals surface area contributed by atoms with Crippen LogP contribution in [0.25, 0.3) is 0 Å². The number of nitrogens with one attached hydrogen (secondary N) is 1. The van der Waals surface area contributed by atoms with Gasteiger partial charge in [-0.2, -0.15) is 0 Å². The van der Waals surface area contributed by atoms with Crippen LogP contribution in [-0.2, 0) is 10.0 Å². The van der Waals surface area contributed by atoms with Crippen molar-refractivity contribution in [3.8, 4) is 0 Å². The molecule has 0 unspecified atom stereocenters. The van der Waals surface area contributed by atoms with Gasteiger partial charge in [0.05, 0.1) is 10.5 Å². The first kappa shape index (κ1) is 14.0. The molecule has 0 atom stereocenters. The number of carboxylic acid groups (broad SMARTS) is 1. The molecule has 5 nitrogen and oxygen atoms in total. The highest BCUT2D eigenvalue weighted by Crippen LogP contribution is 2.39. The molecular formula is C13H17NO4S. The van der Waals surface area contributed by atoms with E-state index < -0.39 is 21.5 Å². The summed E-state index contributed by atoms with van der Waals surface area (Å²) in [5.74, 6) is -0.698. The minimum Gasteiger partial charge on any atom is -0.478 e. The number of hydrogen-bond acceptors (Lipinski definition) is 3. The molecule has 0 amide bonds. The minimum absolute atomic E-state index is 0.0698. The molecule has 1 aromatic rings. The lowest BCUT2D eigenvalue weighted by Gasteiger charge is -2.25. The molecule has 6 heteroatoms. The van der Waals surface area contributed by atoms with Crippen LogP contribution in [0, 0.1) is 5.92 Å². The van der Waals surface area contributed by atoms with Gasteiger partial charge in [0.2, 0.25) is 10.0 Å². The Morgan fingerprint density at radius 1 is 1.26 bits per heavy atom. The Morgan fingerprint density at radius 3 is 2.21 bits per heavy atom. The zero-order valence-corrected chi connectivity index (χ0v) is 11.7. The standard InChI is InChI=1S/C13H17NO4S/c1-13(2,10-5-6-10)14-19(17,18)11-7-3-9(4-8-11)12(15)16/h3-4,7-8,10,14H,5-6H2,1-2H3,(H,15,16). The molecule has 0 bridgehead atoms. The van der Waals surface area contributed by atoms with Gasteiger partial charge in [0.1, 0.15) is 0 Å². The predicted octanol–water partition coefficient (Wildman–Crippen LogP) is 1.85. The number of benzene rings is 1. The average Bonchev–Trinajstić information content (AvgIpc) is 3.11. The fraction of sp³-hybridized carbons (Fsp3) is 0.462. The Kier molecular flexibility index (Phi) is 3.40. The van der Waals surface area contributed by atoms with Gasteiger partial charge < -0.3 is 5.11 Å². The van der Waals surface area contributed by atoms with Crippen molar-refractivity contribution in [3.05, 3.63) is 29.8 Å². The van der Waals surface area contributed by atoms with Gasteiger partial charge in [-0.05, 0) is 56.9 Å². The molecule has 1 fully saturated rings. The maximum absolute atomic E-state index is 12.2. The Balaban J connectivity index is 2.21. The van der Waals surface area contributed by atoms with Gasteiger partial charge >= 0.3 is 5.97 Å². The number of carbonyl (C=O) groups is 1. The van der Waals surface area contributed by atoms with Crippen LogP contribution in [0.5, 0.6) is 0 Å². The molecule has 1 aliphatic rings. The van der Waals surface area contributed by atoms with Gasteiger partial charge in [-0.15, -0.1) is 0 Å². The molecule has 0 heterocycles. The lowest BCUT2D eigenvalue weighted by Crippen LogP contribution is -2.45. The van der Waals surface area contributed by atoms with Gasteiger partial charge in [-0.3, -0.25) is 0 Å². The van der Waals surface area contributed by atoms with Crippen molar-refractivity contribution in [1.29, 1.82) is 0 Å². The number of sulfonamides is 1. The van der Waals surface area contributed by atoms with Gasteiger partial charge in [-0.1, -0.05) is 0 Å². The molecule has 0 aliphatic heterocycles. The van der Waals surface area contributed by atoms with E-state index in [-0.39, 0.29) is 10.5 Å². The number of carboxylic acids is 1. The third-order valence-corrected chi connectivity index (χ3v) is 5.09. The molecule has 1 aromatic carbocycles. The van der Waals surface area contributed by atoms with Crippen molar-refractivity contribution in [2.45, 2.75) is 37.1 Å². The highest BCUT2D eigenvalue weighted by atomic mass is 32.2. The van der Waals surface area contributed by atoms with Crippen molar-refractivity contribution in [1.82, 2.24) is 4.72 Å². The van der Waals surface area contributed by atoms with E-state index in [1.165, 1.54) is 24.3 Å². The molecule has 0 aromatic heterocycles. The molecule has 1 saturated carbocycles. The summed E-state index contributed by atoms with van der Waals surface area (Å²) in [7, 11) is -3.61. The van der Waals surface area contributed by atoms with E-state index in [0.29, 0.717) is 5.92 Å². The van der Waals surface area contributed by atoms with E-state index in [1.54, 1.807) is 0 Å². The molecule has 0 radical (unpaired) electrons. The van der Waals surface area contributed by atoms with Crippen molar-refractivity contribution < 1.29 is 18.3 Å². The fourth-order valence-corrected chi connectivity index (χ4v) is 3.54. The summed E-state index contributed by atoms with van der Waals surface area (Å²) in [5.41, 5.74) is -0.398. The number of aromatic carboxylic acids is 1. The topological polar surface area (TPSA) is 83.5 Å². The van der Waals surface area contributed by atoms with Crippen LogP contribution in [0.3, 0.4) is 0 Å². The predicted molar refractivity (Wildman–Crippen MR) is 70.5 cm³/mol. The summed E-state index contributed by atoms with van der Waals surface area (Å²) in [4.78, 5) is 10.8. The summed E-state index contributed by atoms with van der Waals surface area (Å²) in [6.45, 7) is 3.74. The Bertz CT molecular complexity index is 586. The van der Waals surface area contributed by atoms with Crippen molar-refractivity contribution >= 4 is 16.0 Å². The SMILES string of the molecule is CC(C)(NS(=O)(=O)c1ccc(C(=O)O)cc1)C1CC1. The lowest BCUT2D eigenvalue weighted by molar-refractivity contribution is 0.0696. The quantitative estimate of drug-likeness (QED) is 0.864. The molecule has 2 N–H and O–H groups in total. The molecule has 2 rings (SSSR count). The van der Waals surface area contributed by atoms with Crippen molar-refractivity contribution in [2.24, 2.45) is 5.92 Å². The van der Waals surface area contributed by atoms with Gasteiger partial charge in [0, 0.05) is 5.54 Å². The zero-order chi connectivity index (χ0) is 14.3. The first-order chi connectivity index (χ1) is 8.72. The van der Waals surface area contributed by atoms with E-state index in [0.717, 1.165) is 12.8 Å². The number of hydrogen-bond donors (Lipinski definition) is 2. The Hall–Kier alpha value is -1.40. The lowest BCUT2D eigenvalue weighted by atomic mass is 10.0. The summed E-state index contributed by atoms with van der Waals surface area (Å²) >= 11 is 0. The van der Waals surface area contributed by atoms with Crippen LogP contribution in [-0.4, -0.2) is 25.0 Å². The normalized spacial score (nSPS) is 16.3. The van der Waals surface area contributed by atoms with E-state index >= 15 is 0 Å². The van der Waals surface area contributed by atoms with E-state index in [1.807, 2.05) is 13.8 Å². The van der Waals surface area contributed by atoms with Crippen LogP contribution in [0.2, 0.25) is 0 Å². The maximum Gasteiger partial charge on any atom is 0.335 e. The zero-order valence-electron chi connectivity index (χ0n) is 10.9. The highest BCUT2D eigenvalue weighted by Gasteiger charge is 2.40. The minimum atomic E-state index is -3.61. The van der Waals surface area contributed by atoms with Crippen LogP contribution >= 0.6 is 0 Å². The first-order valence-corrected chi connectivity index (χ1v) is 7.58. The van der Waals surface area contributed by atoms with E-state index in [4.69, 9.17) is 5.11 Å². The van der Waals surface area contributed by atoms with Crippen LogP contribution < -0.4 is 4.72 Å². The fourth-order valence-electron chi connectivity index (χ4n) is 2.07. The summed E-state index contributed by atoms with van der Waals surface area (Å²) < 4.78 is 27.1. The van der Waals surface area contributed by atoms with Crippen molar-refractivity contribution in [3.63, 3.8) is 0 Å². The Morgan fingerprint density at radius 2 is 1.79 bits per heavy atom. The molecular weight excluding hydrogens is 266 g/mol. The molecule has 19 heavy (non-hydrogen) atoms. The second kappa shape index (κ2) is 4.61. The van der Waals surface area contributed by atoms with Gasteiger partial charge in [0.15, 0.2) is 0 Å². The second-order valence-electron chi connectivity index (χ2n) is 5.43. The summed E-state index contributed by atoms with van der Waals surface area (Å²) in [6.07, 6.45) is 2.07. The summed E-state index contributed by atoms with van der Waals surface area (Å²) in [6, 6.07) is 5.21. The molecule has 1 aliphatic carbocycles. The largest absolute Gasteiger partial charge is 0.478 e. The Labute approximate surface area is 112 Å². The molecule has 0 spiro atoms. The third-order valence-electron chi connectivity index (χ3n) is 3.41. The van der Waals surface area contributed by atoms with E-state index in [2.05, 4.69) is 4.72 Å². The molecule has 104 valence electrons. The highest BCUT2D eigenvalue weighted by molar-refractivity contribution is 7.89. The van der Waals surface area contributed by atoms with Gasteiger partial charge in [-0.25, -0.2) is 17.9 Å². The van der Waals surface area contributed by atoms with Crippen molar-refractivity contribution in [2.75, 3.05) is 0 Å². The maximum atomic E-state index is 12.2. The first-order valence-electron chi connectivity index (χ1n) is 6.10. The van der Waals surface area contributed by atoms with Gasteiger partial charge in [0.25, 0.3) is 0 Å². The monoisotopic (exact) mass is 283 g/mol. The van der Waals surface area contributed by atoms with Crippen LogP contribution in [0.1, 0.15) is 37.0 Å². The molecule has 0 saturated heterocycles. The van der Waals surface area contributed by atoms with E-state index in [9.17, 15) is 13.2 Å².